The molecule has 0 spiro atoms. The molecule has 0 fully saturated rings. The largest absolute Gasteiger partial charge is 0.493 e. The zero-order valence-electron chi connectivity index (χ0n) is 10.6. The molecule has 1 N–H and O–H groups in total. The highest BCUT2D eigenvalue weighted by Gasteiger charge is 2.15. The van der Waals surface area contributed by atoms with Crippen molar-refractivity contribution in [3.05, 3.63) is 23.8 Å². The number of esters is 1. The number of alkyl halides is 2. The van der Waals surface area contributed by atoms with Gasteiger partial charge in [-0.15, -0.1) is 0 Å². The fraction of sp³-hybridized carbons (Fsp3) is 0.417. The van der Waals surface area contributed by atoms with E-state index < -0.39 is 12.6 Å². The lowest BCUT2D eigenvalue weighted by atomic mass is 10.2. The lowest BCUT2D eigenvalue weighted by Gasteiger charge is -2.14. The Labute approximate surface area is 109 Å². The van der Waals surface area contributed by atoms with Crippen LogP contribution in [0.2, 0.25) is 0 Å². The summed E-state index contributed by atoms with van der Waals surface area (Å²) in [6.07, 6.45) is 0. The molecule has 106 valence electrons. The Balaban J connectivity index is 2.78. The summed E-state index contributed by atoms with van der Waals surface area (Å²) in [5, 5.41) is 2.76. The molecule has 0 aromatic heterocycles. The molecule has 1 aromatic rings. The molecule has 0 radical (unpaired) electrons. The van der Waals surface area contributed by atoms with Crippen LogP contribution in [0.3, 0.4) is 0 Å². The number of rotatable bonds is 7. The molecule has 19 heavy (non-hydrogen) atoms. The van der Waals surface area contributed by atoms with Crippen LogP contribution >= 0.6 is 0 Å². The summed E-state index contributed by atoms with van der Waals surface area (Å²) in [6, 6.07) is 4.76. The van der Waals surface area contributed by atoms with Gasteiger partial charge in [-0.3, -0.25) is 4.79 Å². The van der Waals surface area contributed by atoms with E-state index in [0.29, 0.717) is 5.56 Å². The van der Waals surface area contributed by atoms with Crippen molar-refractivity contribution in [2.24, 2.45) is 0 Å². The number of ether oxygens (including phenoxy) is 3. The summed E-state index contributed by atoms with van der Waals surface area (Å²) >= 11 is 0. The first-order valence-electron chi connectivity index (χ1n) is 5.46. The Morgan fingerprint density at radius 2 is 2.11 bits per heavy atom. The van der Waals surface area contributed by atoms with Gasteiger partial charge in [-0.05, 0) is 6.07 Å². The fourth-order valence-electron chi connectivity index (χ4n) is 1.46. The zero-order valence-corrected chi connectivity index (χ0v) is 10.6. The van der Waals surface area contributed by atoms with E-state index in [1.807, 2.05) is 0 Å². The van der Waals surface area contributed by atoms with Crippen LogP contribution in [-0.4, -0.2) is 33.3 Å². The van der Waals surface area contributed by atoms with Crippen molar-refractivity contribution >= 4 is 5.97 Å². The maximum absolute atomic E-state index is 12.3. The Morgan fingerprint density at radius 3 is 2.68 bits per heavy atom. The second-order valence-electron chi connectivity index (χ2n) is 3.51. The first-order chi connectivity index (χ1) is 9.08. The predicted molar refractivity (Wildman–Crippen MR) is 63.3 cm³/mol. The summed E-state index contributed by atoms with van der Waals surface area (Å²) in [7, 11) is 2.63. The molecular formula is C12H15F2NO4. The number of hydrogen-bond acceptors (Lipinski definition) is 5. The summed E-state index contributed by atoms with van der Waals surface area (Å²) in [5.41, 5.74) is 0.462. The van der Waals surface area contributed by atoms with Gasteiger partial charge in [0.1, 0.15) is 0 Å². The predicted octanol–water partition coefficient (Wildman–Crippen LogP) is 1.56. The Kier molecular flexibility index (Phi) is 6.01. The van der Waals surface area contributed by atoms with Crippen LogP contribution in [0.15, 0.2) is 18.2 Å². The summed E-state index contributed by atoms with van der Waals surface area (Å²) in [6.45, 7) is -2.80. The Hall–Kier alpha value is -1.89. The topological polar surface area (TPSA) is 56.8 Å². The van der Waals surface area contributed by atoms with E-state index in [9.17, 15) is 13.6 Å². The number of hydrogen-bond donors (Lipinski definition) is 1. The molecule has 7 heteroatoms. The number of halogens is 2. The SMILES string of the molecule is COC(=O)CNCc1cccc(OC)c1OC(F)F. The van der Waals surface area contributed by atoms with E-state index in [-0.39, 0.29) is 24.6 Å². The van der Waals surface area contributed by atoms with Crippen molar-refractivity contribution in [3.8, 4) is 11.5 Å². The molecular weight excluding hydrogens is 260 g/mol. The van der Waals surface area contributed by atoms with E-state index in [1.165, 1.54) is 20.3 Å². The lowest BCUT2D eigenvalue weighted by Crippen LogP contribution is -2.23. The average molecular weight is 275 g/mol. The number of carbonyl (C=O) groups excluding carboxylic acids is 1. The van der Waals surface area contributed by atoms with Crippen LogP contribution in [0.1, 0.15) is 5.56 Å². The van der Waals surface area contributed by atoms with Crippen molar-refractivity contribution in [1.82, 2.24) is 5.32 Å². The molecule has 0 aliphatic heterocycles. The molecule has 0 saturated heterocycles. The minimum Gasteiger partial charge on any atom is -0.493 e. The van der Waals surface area contributed by atoms with Crippen molar-refractivity contribution in [1.29, 1.82) is 0 Å². The van der Waals surface area contributed by atoms with Crippen molar-refractivity contribution in [2.75, 3.05) is 20.8 Å². The van der Waals surface area contributed by atoms with E-state index in [1.54, 1.807) is 12.1 Å². The number of methoxy groups -OCH3 is 2. The van der Waals surface area contributed by atoms with Crippen LogP contribution in [-0.2, 0) is 16.1 Å². The number of para-hydroxylation sites is 1. The van der Waals surface area contributed by atoms with Gasteiger partial charge >= 0.3 is 12.6 Å². The van der Waals surface area contributed by atoms with Crippen LogP contribution in [0.4, 0.5) is 8.78 Å². The first-order valence-corrected chi connectivity index (χ1v) is 5.46. The standard InChI is InChI=1S/C12H15F2NO4/c1-17-9-5-3-4-8(11(9)19-12(13)14)6-15-7-10(16)18-2/h3-5,12,15H,6-7H2,1-2H3. The van der Waals surface area contributed by atoms with Crippen LogP contribution in [0.5, 0.6) is 11.5 Å². The average Bonchev–Trinajstić information content (AvgIpc) is 2.39. The molecule has 0 aliphatic carbocycles. The highest BCUT2D eigenvalue weighted by Crippen LogP contribution is 2.32. The van der Waals surface area contributed by atoms with E-state index >= 15 is 0 Å². The third-order valence-corrected chi connectivity index (χ3v) is 2.30. The van der Waals surface area contributed by atoms with Crippen molar-refractivity contribution in [2.45, 2.75) is 13.2 Å². The molecule has 5 nitrogen and oxygen atoms in total. The molecule has 0 heterocycles. The monoisotopic (exact) mass is 275 g/mol. The van der Waals surface area contributed by atoms with Gasteiger partial charge in [-0.25, -0.2) is 0 Å². The summed E-state index contributed by atoms with van der Waals surface area (Å²) in [4.78, 5) is 10.9. The molecule has 0 aliphatic rings. The molecule has 0 unspecified atom stereocenters. The smallest absolute Gasteiger partial charge is 0.387 e. The van der Waals surface area contributed by atoms with Crippen LogP contribution in [0.25, 0.3) is 0 Å². The van der Waals surface area contributed by atoms with Gasteiger partial charge in [-0.2, -0.15) is 8.78 Å². The number of carbonyl (C=O) groups is 1. The zero-order chi connectivity index (χ0) is 14.3. The van der Waals surface area contributed by atoms with E-state index in [0.717, 1.165) is 0 Å². The third-order valence-electron chi connectivity index (χ3n) is 2.30. The molecule has 0 bridgehead atoms. The maximum atomic E-state index is 12.3. The van der Waals surface area contributed by atoms with Gasteiger partial charge in [-0.1, -0.05) is 12.1 Å². The third kappa shape index (κ3) is 4.70. The second kappa shape index (κ2) is 7.52. The van der Waals surface area contributed by atoms with Crippen LogP contribution < -0.4 is 14.8 Å². The van der Waals surface area contributed by atoms with Gasteiger partial charge in [0.25, 0.3) is 0 Å². The van der Waals surface area contributed by atoms with Gasteiger partial charge in [0, 0.05) is 12.1 Å². The maximum Gasteiger partial charge on any atom is 0.387 e. The molecule has 0 saturated carbocycles. The van der Waals surface area contributed by atoms with Gasteiger partial charge in [0.15, 0.2) is 11.5 Å². The van der Waals surface area contributed by atoms with E-state index in [4.69, 9.17) is 4.74 Å². The van der Waals surface area contributed by atoms with Gasteiger partial charge in [0.2, 0.25) is 0 Å². The second-order valence-corrected chi connectivity index (χ2v) is 3.51. The number of benzene rings is 1. The summed E-state index contributed by atoms with van der Waals surface area (Å²) in [5.74, 6) is -0.283. The molecule has 1 aromatic carbocycles. The van der Waals surface area contributed by atoms with Crippen LogP contribution in [0, 0.1) is 0 Å². The number of nitrogens with one attached hydrogen (secondary N) is 1. The van der Waals surface area contributed by atoms with Crippen molar-refractivity contribution in [3.63, 3.8) is 0 Å². The Morgan fingerprint density at radius 1 is 1.37 bits per heavy atom. The first kappa shape index (κ1) is 15.2. The molecule has 0 atom stereocenters. The van der Waals surface area contributed by atoms with Crippen molar-refractivity contribution < 1.29 is 27.8 Å². The highest BCUT2D eigenvalue weighted by molar-refractivity contribution is 5.71. The van der Waals surface area contributed by atoms with E-state index in [2.05, 4.69) is 14.8 Å². The fourth-order valence-corrected chi connectivity index (χ4v) is 1.46. The quantitative estimate of drug-likeness (QED) is 0.765. The minimum atomic E-state index is -2.95. The van der Waals surface area contributed by atoms with Gasteiger partial charge in [0.05, 0.1) is 20.8 Å². The molecule has 1 rings (SSSR count). The Bertz CT molecular complexity index is 426. The van der Waals surface area contributed by atoms with Gasteiger partial charge < -0.3 is 19.5 Å². The molecule has 0 amide bonds. The lowest BCUT2D eigenvalue weighted by molar-refractivity contribution is -0.139. The highest BCUT2D eigenvalue weighted by atomic mass is 19.3. The minimum absolute atomic E-state index is 0.0260. The summed E-state index contributed by atoms with van der Waals surface area (Å²) < 4.78 is 38.5. The normalized spacial score (nSPS) is 10.4.